The summed E-state index contributed by atoms with van der Waals surface area (Å²) in [7, 11) is -1.67. The number of carbonyl (C=O) groups excluding carboxylic acids is 2. The van der Waals surface area contributed by atoms with Gasteiger partial charge >= 0.3 is 6.03 Å². The molecule has 0 radical (unpaired) electrons. The molecule has 3 amide bonds. The zero-order chi connectivity index (χ0) is 34.3. The molecule has 0 saturated heterocycles. The average Bonchev–Trinajstić information content (AvgIpc) is 3.83. The summed E-state index contributed by atoms with van der Waals surface area (Å²) >= 11 is 6.45. The summed E-state index contributed by atoms with van der Waals surface area (Å²) in [6.45, 7) is 6.11. The molecule has 2 bridgehead atoms. The van der Waals surface area contributed by atoms with Crippen molar-refractivity contribution in [2.45, 2.75) is 82.8 Å². The highest BCUT2D eigenvalue weighted by Crippen LogP contribution is 2.47. The number of allylic oxidation sites excluding steroid dienone is 1. The Bertz CT molecular complexity index is 1760. The molecule has 2 aliphatic heterocycles. The van der Waals surface area contributed by atoms with Crippen molar-refractivity contribution in [3.63, 3.8) is 0 Å². The molecule has 9 nitrogen and oxygen atoms in total. The zero-order valence-corrected chi connectivity index (χ0v) is 30.4. The summed E-state index contributed by atoms with van der Waals surface area (Å²) in [5, 5.41) is 3.67. The monoisotopic (exact) mass is 708 g/mol. The second kappa shape index (κ2) is 13.9. The van der Waals surface area contributed by atoms with Crippen molar-refractivity contribution in [3.05, 3.63) is 70.3 Å². The third kappa shape index (κ3) is 7.24. The number of nitrogens with one attached hydrogen (secondary N) is 2. The number of urea groups is 1. The van der Waals surface area contributed by atoms with Crippen LogP contribution in [0.5, 0.6) is 5.75 Å². The number of rotatable bonds is 4. The number of benzene rings is 2. The van der Waals surface area contributed by atoms with E-state index >= 15 is 0 Å². The van der Waals surface area contributed by atoms with Gasteiger partial charge in [-0.05, 0) is 110 Å². The molecule has 11 heteroatoms. The van der Waals surface area contributed by atoms with Gasteiger partial charge in [-0.15, -0.1) is 4.36 Å². The maximum Gasteiger partial charge on any atom is 0.327 e. The molecule has 2 aromatic carbocycles. The number of amides is 3. The minimum absolute atomic E-state index is 0.0380. The highest BCUT2D eigenvalue weighted by Gasteiger charge is 2.44. The summed E-state index contributed by atoms with van der Waals surface area (Å²) in [6.07, 6.45) is 11.9. The lowest BCUT2D eigenvalue weighted by Gasteiger charge is -2.46. The van der Waals surface area contributed by atoms with Crippen LogP contribution < -0.4 is 19.7 Å². The third-order valence-electron chi connectivity index (χ3n) is 11.5. The van der Waals surface area contributed by atoms with Crippen LogP contribution in [-0.2, 0) is 26.5 Å². The predicted octanol–water partition coefficient (Wildman–Crippen LogP) is 7.07. The van der Waals surface area contributed by atoms with Crippen LogP contribution in [0.15, 0.2) is 52.9 Å². The van der Waals surface area contributed by atoms with Crippen molar-refractivity contribution in [2.24, 2.45) is 28.0 Å². The lowest BCUT2D eigenvalue weighted by Crippen LogP contribution is -2.49. The van der Waals surface area contributed by atoms with E-state index in [1.165, 1.54) is 11.1 Å². The van der Waals surface area contributed by atoms with Gasteiger partial charge in [0.25, 0.3) is 5.91 Å². The number of anilines is 1. The zero-order valence-electron chi connectivity index (χ0n) is 28.8. The lowest BCUT2D eigenvalue weighted by molar-refractivity contribution is 0.0131. The van der Waals surface area contributed by atoms with E-state index < -0.39 is 21.9 Å². The Morgan fingerprint density at radius 2 is 2.08 bits per heavy atom. The maximum atomic E-state index is 14.4. The van der Waals surface area contributed by atoms with Gasteiger partial charge in [0.05, 0.1) is 24.2 Å². The highest BCUT2D eigenvalue weighted by molar-refractivity contribution is 7.92. The SMILES string of the molecule is CC[C@@H]1CC1NC(=O)N[S@@]1(=O)=NC(=O)c2ccc3c(c2)N(C[C@@H]2CC[C@H]2[C@@H](OC)/C=C/C[C@H](C)C1)C[C@@]1(CCCc2cc(Cl)ccc21)CO3. The van der Waals surface area contributed by atoms with E-state index in [9.17, 15) is 13.8 Å². The highest BCUT2D eigenvalue weighted by atomic mass is 35.5. The second-order valence-corrected chi connectivity index (χ2v) is 17.5. The summed E-state index contributed by atoms with van der Waals surface area (Å²) in [6, 6.07) is 11.2. The molecule has 3 aliphatic carbocycles. The number of ether oxygens (including phenoxy) is 2. The molecule has 0 aromatic heterocycles. The molecule has 2 N–H and O–H groups in total. The van der Waals surface area contributed by atoms with Gasteiger partial charge in [-0.2, -0.15) is 0 Å². The molecular weight excluding hydrogens is 660 g/mol. The van der Waals surface area contributed by atoms with Crippen LogP contribution >= 0.6 is 11.6 Å². The topological polar surface area (TPSA) is 109 Å². The Labute approximate surface area is 295 Å². The molecule has 1 spiro atoms. The van der Waals surface area contributed by atoms with Crippen LogP contribution in [0, 0.1) is 23.7 Å². The van der Waals surface area contributed by atoms with E-state index in [2.05, 4.69) is 50.5 Å². The molecule has 2 aromatic rings. The molecule has 2 saturated carbocycles. The number of methoxy groups -OCH3 is 1. The normalized spacial score (nSPS) is 34.6. The van der Waals surface area contributed by atoms with Gasteiger partial charge < -0.3 is 19.7 Å². The van der Waals surface area contributed by atoms with Crippen molar-refractivity contribution in [1.29, 1.82) is 0 Å². The van der Waals surface area contributed by atoms with Gasteiger partial charge in [0.15, 0.2) is 0 Å². The first-order valence-corrected chi connectivity index (χ1v) is 20.0. The van der Waals surface area contributed by atoms with Gasteiger partial charge in [0.2, 0.25) is 0 Å². The van der Waals surface area contributed by atoms with Crippen LogP contribution in [0.3, 0.4) is 0 Å². The van der Waals surface area contributed by atoms with E-state index in [1.54, 1.807) is 13.2 Å². The first-order valence-electron chi connectivity index (χ1n) is 18.0. The number of hydrogen-bond acceptors (Lipinski definition) is 6. The molecule has 7 rings (SSSR count). The van der Waals surface area contributed by atoms with Crippen molar-refractivity contribution < 1.29 is 23.3 Å². The Balaban J connectivity index is 1.27. The number of halogens is 1. The van der Waals surface area contributed by atoms with Crippen LogP contribution in [0.2, 0.25) is 5.02 Å². The number of nitrogens with zero attached hydrogens (tertiary/aromatic N) is 2. The fourth-order valence-corrected chi connectivity index (χ4v) is 10.6. The first kappa shape index (κ1) is 34.4. The summed E-state index contributed by atoms with van der Waals surface area (Å²) in [5.41, 5.74) is 3.47. The lowest BCUT2D eigenvalue weighted by atomic mass is 9.68. The summed E-state index contributed by atoms with van der Waals surface area (Å²) in [4.78, 5) is 29.3. The van der Waals surface area contributed by atoms with Gasteiger partial charge in [-0.3, -0.25) is 9.52 Å². The Kier molecular flexibility index (Phi) is 9.76. The minimum atomic E-state index is -3.44. The van der Waals surface area contributed by atoms with Crippen molar-refractivity contribution in [2.75, 3.05) is 37.5 Å². The molecule has 1 unspecified atom stereocenters. The van der Waals surface area contributed by atoms with E-state index in [0.717, 1.165) is 74.5 Å². The standard InChI is InChI=1S/C38H49ClN4O5S/c1-4-25-18-32(25)40-37(45)42-49(46)21-24(2)7-5-9-34(47-3)30-13-10-28(30)20-43-22-38(16-6-8-26-17-29(39)12-14-31(26)38)23-48-35-15-11-27(19-33(35)43)36(44)41-49/h5,9,11-12,14-15,17,19,24-25,28,30,32,34H,4,6-8,10,13,16,18,20-23H2,1-3H3,(H2,40,41,42,44,45,46)/b9-5+/t24-,25+,28-,30+,32?,34-,38-,49-/m0/s1. The molecule has 49 heavy (non-hydrogen) atoms. The fourth-order valence-electron chi connectivity index (χ4n) is 8.59. The van der Waals surface area contributed by atoms with Crippen LogP contribution in [0.1, 0.15) is 80.3 Å². The van der Waals surface area contributed by atoms with Gasteiger partial charge in [0, 0.05) is 42.2 Å². The van der Waals surface area contributed by atoms with Crippen molar-refractivity contribution in [1.82, 2.24) is 10.0 Å². The van der Waals surface area contributed by atoms with E-state index in [4.69, 9.17) is 21.1 Å². The maximum absolute atomic E-state index is 14.4. The fraction of sp³-hybridized carbons (Fsp3) is 0.579. The molecular formula is C38H49ClN4O5S. The van der Waals surface area contributed by atoms with Gasteiger partial charge in [-0.1, -0.05) is 50.1 Å². The Morgan fingerprint density at radius 3 is 2.84 bits per heavy atom. The predicted molar refractivity (Wildman–Crippen MR) is 194 cm³/mol. The van der Waals surface area contributed by atoms with E-state index in [-0.39, 0.29) is 29.2 Å². The van der Waals surface area contributed by atoms with Crippen LogP contribution in [0.4, 0.5) is 10.5 Å². The summed E-state index contributed by atoms with van der Waals surface area (Å²) < 4.78 is 34.0. The Morgan fingerprint density at radius 1 is 1.22 bits per heavy atom. The number of hydrogen-bond donors (Lipinski definition) is 2. The second-order valence-electron chi connectivity index (χ2n) is 15.0. The molecule has 264 valence electrons. The third-order valence-corrected chi connectivity index (χ3v) is 13.8. The number of carbonyl (C=O) groups is 2. The molecule has 8 atom stereocenters. The molecule has 2 fully saturated rings. The van der Waals surface area contributed by atoms with E-state index in [0.29, 0.717) is 36.3 Å². The van der Waals surface area contributed by atoms with Crippen molar-refractivity contribution in [3.8, 4) is 5.75 Å². The number of fused-ring (bicyclic) bond motifs is 4. The largest absolute Gasteiger partial charge is 0.490 e. The Hall–Kier alpha value is -3.08. The van der Waals surface area contributed by atoms with Crippen LogP contribution in [-0.4, -0.2) is 60.9 Å². The average molecular weight is 709 g/mol. The van der Waals surface area contributed by atoms with Gasteiger partial charge in [-0.25, -0.2) is 9.00 Å². The molecule has 5 aliphatic rings. The summed E-state index contributed by atoms with van der Waals surface area (Å²) in [5.74, 6) is 1.24. The smallest absolute Gasteiger partial charge is 0.327 e. The number of aryl methyl sites for hydroxylation is 1. The quantitative estimate of drug-likeness (QED) is 0.329. The van der Waals surface area contributed by atoms with Crippen LogP contribution in [0.25, 0.3) is 0 Å². The van der Waals surface area contributed by atoms with Crippen molar-refractivity contribution >= 4 is 39.1 Å². The minimum Gasteiger partial charge on any atom is -0.490 e. The molecule has 2 heterocycles. The van der Waals surface area contributed by atoms with Gasteiger partial charge in [0.1, 0.15) is 15.7 Å². The first-order chi connectivity index (χ1) is 23.6. The van der Waals surface area contributed by atoms with E-state index in [1.807, 2.05) is 25.1 Å².